The van der Waals surface area contributed by atoms with Gasteiger partial charge in [0.1, 0.15) is 0 Å². The quantitative estimate of drug-likeness (QED) is 0.748. The van der Waals surface area contributed by atoms with E-state index in [1.54, 1.807) is 0 Å². The lowest BCUT2D eigenvalue weighted by Gasteiger charge is -2.42. The minimum absolute atomic E-state index is 0.0683. The summed E-state index contributed by atoms with van der Waals surface area (Å²) in [5, 5.41) is 3.00. The number of carbonyl (C=O) groups excluding carboxylic acids is 1. The highest BCUT2D eigenvalue weighted by Gasteiger charge is 2.28. The fourth-order valence-electron chi connectivity index (χ4n) is 1.99. The highest BCUT2D eigenvalue weighted by atomic mass is 16.2. The summed E-state index contributed by atoms with van der Waals surface area (Å²) in [5.41, 5.74) is 0.212. The molecule has 1 fully saturated rings. The zero-order chi connectivity index (χ0) is 12.3. The highest BCUT2D eigenvalue weighted by Crippen LogP contribution is 2.16. The van der Waals surface area contributed by atoms with Crippen LogP contribution in [0.2, 0.25) is 0 Å². The van der Waals surface area contributed by atoms with E-state index in [0.29, 0.717) is 0 Å². The Morgan fingerprint density at radius 2 is 1.69 bits per heavy atom. The van der Waals surface area contributed by atoms with Gasteiger partial charge in [-0.2, -0.15) is 0 Å². The van der Waals surface area contributed by atoms with Gasteiger partial charge in [0.2, 0.25) is 5.91 Å². The molecule has 16 heavy (non-hydrogen) atoms. The molecule has 1 atom stereocenters. The average Bonchev–Trinajstić information content (AvgIpc) is 2.26. The second kappa shape index (κ2) is 5.15. The highest BCUT2D eigenvalue weighted by molar-refractivity contribution is 5.81. The Bertz CT molecular complexity index is 239. The van der Waals surface area contributed by atoms with Gasteiger partial charge < -0.3 is 10.2 Å². The summed E-state index contributed by atoms with van der Waals surface area (Å²) in [6, 6.07) is -0.0683. The van der Waals surface area contributed by atoms with Crippen LogP contribution in [0.1, 0.15) is 27.7 Å². The van der Waals surface area contributed by atoms with E-state index in [1.807, 2.05) is 18.9 Å². The van der Waals surface area contributed by atoms with E-state index in [9.17, 15) is 4.79 Å². The number of carbonyl (C=O) groups is 1. The van der Waals surface area contributed by atoms with Gasteiger partial charge in [-0.15, -0.1) is 0 Å². The minimum atomic E-state index is -0.0683. The molecule has 0 aliphatic carbocycles. The Kier molecular flexibility index (Phi) is 4.33. The van der Waals surface area contributed by atoms with Gasteiger partial charge in [-0.1, -0.05) is 0 Å². The normalized spacial score (nSPS) is 20.9. The lowest BCUT2D eigenvalue weighted by Crippen LogP contribution is -2.57. The Balaban J connectivity index is 2.46. The van der Waals surface area contributed by atoms with Gasteiger partial charge in [-0.25, -0.2) is 0 Å². The van der Waals surface area contributed by atoms with Gasteiger partial charge in [-0.05, 0) is 34.7 Å². The van der Waals surface area contributed by atoms with Crippen molar-refractivity contribution in [2.45, 2.75) is 39.3 Å². The fraction of sp³-hybridized carbons (Fsp3) is 0.917. The van der Waals surface area contributed by atoms with Crippen molar-refractivity contribution in [3.63, 3.8) is 0 Å². The molecule has 4 nitrogen and oxygen atoms in total. The first kappa shape index (κ1) is 13.5. The summed E-state index contributed by atoms with van der Waals surface area (Å²) in [5.74, 6) is 0.219. The summed E-state index contributed by atoms with van der Waals surface area (Å²) in [6.07, 6.45) is 0. The summed E-state index contributed by atoms with van der Waals surface area (Å²) in [4.78, 5) is 16.3. The maximum absolute atomic E-state index is 11.9. The van der Waals surface area contributed by atoms with E-state index in [4.69, 9.17) is 0 Å². The maximum atomic E-state index is 11.9. The van der Waals surface area contributed by atoms with Crippen molar-refractivity contribution in [2.24, 2.45) is 0 Å². The van der Waals surface area contributed by atoms with Crippen molar-refractivity contribution in [1.82, 2.24) is 15.1 Å². The van der Waals surface area contributed by atoms with Gasteiger partial charge >= 0.3 is 0 Å². The largest absolute Gasteiger partial charge is 0.339 e. The topological polar surface area (TPSA) is 35.6 Å². The first-order chi connectivity index (χ1) is 7.36. The minimum Gasteiger partial charge on any atom is -0.339 e. The fourth-order valence-corrected chi connectivity index (χ4v) is 1.99. The molecule has 1 amide bonds. The lowest BCUT2D eigenvalue weighted by molar-refractivity contribution is -0.135. The number of amides is 1. The Morgan fingerprint density at radius 3 is 2.06 bits per heavy atom. The van der Waals surface area contributed by atoms with Crippen molar-refractivity contribution < 1.29 is 4.79 Å². The number of nitrogens with zero attached hydrogens (tertiary/aromatic N) is 2. The predicted molar refractivity (Wildman–Crippen MR) is 66.4 cm³/mol. The molecule has 0 aromatic heterocycles. The molecule has 1 aliphatic rings. The maximum Gasteiger partial charge on any atom is 0.239 e. The van der Waals surface area contributed by atoms with Crippen molar-refractivity contribution in [3.05, 3.63) is 0 Å². The number of hydrogen-bond acceptors (Lipinski definition) is 3. The molecule has 1 heterocycles. The van der Waals surface area contributed by atoms with Gasteiger partial charge in [-0.3, -0.25) is 9.69 Å². The first-order valence-electron chi connectivity index (χ1n) is 6.07. The van der Waals surface area contributed by atoms with Crippen LogP contribution in [-0.4, -0.2) is 60.5 Å². The smallest absolute Gasteiger partial charge is 0.239 e. The lowest BCUT2D eigenvalue weighted by atomic mass is 10.0. The van der Waals surface area contributed by atoms with Crippen molar-refractivity contribution in [3.8, 4) is 0 Å². The van der Waals surface area contributed by atoms with E-state index in [2.05, 4.69) is 31.0 Å². The van der Waals surface area contributed by atoms with Gasteiger partial charge in [0.15, 0.2) is 0 Å². The average molecular weight is 227 g/mol. The molecule has 1 N–H and O–H groups in total. The molecule has 1 unspecified atom stereocenters. The Hall–Kier alpha value is -0.610. The molecule has 1 aliphatic heterocycles. The van der Waals surface area contributed by atoms with E-state index in [1.165, 1.54) is 0 Å². The molecule has 0 bridgehead atoms. The number of likely N-dealkylation sites (N-methyl/N-ethyl adjacent to an activating group) is 1. The first-order valence-corrected chi connectivity index (χ1v) is 6.07. The van der Waals surface area contributed by atoms with Crippen LogP contribution in [0, 0.1) is 0 Å². The standard InChI is InChI=1S/C12H25N3O/c1-10(13-5)11(16)14-6-8-15(9-7-14)12(2,3)4/h10,13H,6-9H2,1-5H3. The van der Waals surface area contributed by atoms with Gasteiger partial charge in [0, 0.05) is 31.7 Å². The number of piperazine rings is 1. The molecule has 1 rings (SSSR count). The Labute approximate surface area is 99.0 Å². The zero-order valence-electron chi connectivity index (χ0n) is 11.2. The molecular formula is C12H25N3O. The summed E-state index contributed by atoms with van der Waals surface area (Å²) < 4.78 is 0. The third-order valence-electron chi connectivity index (χ3n) is 3.34. The predicted octanol–water partition coefficient (Wildman–Crippen LogP) is 0.537. The van der Waals surface area contributed by atoms with Crippen LogP contribution >= 0.6 is 0 Å². The molecule has 94 valence electrons. The van der Waals surface area contributed by atoms with Crippen LogP contribution in [0.15, 0.2) is 0 Å². The second-order valence-electron chi connectivity index (χ2n) is 5.49. The van der Waals surface area contributed by atoms with Crippen LogP contribution < -0.4 is 5.32 Å². The van der Waals surface area contributed by atoms with Crippen molar-refractivity contribution in [2.75, 3.05) is 33.2 Å². The van der Waals surface area contributed by atoms with E-state index >= 15 is 0 Å². The molecular weight excluding hydrogens is 202 g/mol. The van der Waals surface area contributed by atoms with E-state index in [0.717, 1.165) is 26.2 Å². The molecule has 0 radical (unpaired) electrons. The van der Waals surface area contributed by atoms with Crippen LogP contribution in [0.4, 0.5) is 0 Å². The van der Waals surface area contributed by atoms with Crippen LogP contribution in [0.5, 0.6) is 0 Å². The number of nitrogens with one attached hydrogen (secondary N) is 1. The zero-order valence-corrected chi connectivity index (χ0v) is 11.2. The van der Waals surface area contributed by atoms with Crippen molar-refractivity contribution in [1.29, 1.82) is 0 Å². The van der Waals surface area contributed by atoms with E-state index in [-0.39, 0.29) is 17.5 Å². The number of rotatable bonds is 2. The molecule has 0 spiro atoms. The molecule has 0 aromatic rings. The monoisotopic (exact) mass is 227 g/mol. The number of hydrogen-bond donors (Lipinski definition) is 1. The molecule has 0 saturated carbocycles. The summed E-state index contributed by atoms with van der Waals surface area (Å²) in [7, 11) is 1.83. The van der Waals surface area contributed by atoms with Gasteiger partial charge in [0.05, 0.1) is 6.04 Å². The molecule has 0 aromatic carbocycles. The second-order valence-corrected chi connectivity index (χ2v) is 5.49. The summed E-state index contributed by atoms with van der Waals surface area (Å²) in [6.45, 7) is 12.2. The van der Waals surface area contributed by atoms with Crippen LogP contribution in [-0.2, 0) is 4.79 Å². The third-order valence-corrected chi connectivity index (χ3v) is 3.34. The van der Waals surface area contributed by atoms with E-state index < -0.39 is 0 Å². The third kappa shape index (κ3) is 3.19. The van der Waals surface area contributed by atoms with Crippen LogP contribution in [0.3, 0.4) is 0 Å². The van der Waals surface area contributed by atoms with Crippen LogP contribution in [0.25, 0.3) is 0 Å². The van der Waals surface area contributed by atoms with Crippen molar-refractivity contribution >= 4 is 5.91 Å². The SMILES string of the molecule is CNC(C)C(=O)N1CCN(C(C)(C)C)CC1. The van der Waals surface area contributed by atoms with Gasteiger partial charge in [0.25, 0.3) is 0 Å². The molecule has 4 heteroatoms. The summed E-state index contributed by atoms with van der Waals surface area (Å²) >= 11 is 0. The Morgan fingerprint density at radius 1 is 1.19 bits per heavy atom. The molecule has 1 saturated heterocycles.